The molecular weight excluding hydrogens is 399 g/mol. The number of hydrogen-bond acceptors (Lipinski definition) is 4. The first kappa shape index (κ1) is 21.4. The maximum atomic E-state index is 15.3. The van der Waals surface area contributed by atoms with Crippen molar-refractivity contribution in [1.82, 2.24) is 15.5 Å². The third-order valence-corrected chi connectivity index (χ3v) is 7.50. The Morgan fingerprint density at radius 2 is 1.97 bits per heavy atom. The van der Waals surface area contributed by atoms with Crippen LogP contribution in [0, 0.1) is 0 Å². The molecule has 2 aromatic rings. The van der Waals surface area contributed by atoms with Crippen molar-refractivity contribution < 1.29 is 9.18 Å². The zero-order chi connectivity index (χ0) is 21.0. The lowest BCUT2D eigenvalue weighted by Crippen LogP contribution is -2.49. The van der Waals surface area contributed by atoms with E-state index in [4.69, 9.17) is 0 Å². The number of hydrogen-bond donors (Lipinski definition) is 2. The van der Waals surface area contributed by atoms with Crippen molar-refractivity contribution in [2.75, 3.05) is 44.2 Å². The van der Waals surface area contributed by atoms with Crippen molar-refractivity contribution >= 4 is 33.1 Å². The van der Waals surface area contributed by atoms with E-state index in [0.29, 0.717) is 25.8 Å². The Labute approximate surface area is 182 Å². The predicted molar refractivity (Wildman–Crippen MR) is 123 cm³/mol. The lowest BCUT2D eigenvalue weighted by molar-refractivity contribution is 0.0688. The molecule has 0 bridgehead atoms. The Kier molecular flexibility index (Phi) is 6.78. The molecule has 2 amide bonds. The van der Waals surface area contributed by atoms with Crippen molar-refractivity contribution in [3.05, 3.63) is 29.6 Å². The molecule has 0 radical (unpaired) electrons. The molecule has 2 heterocycles. The Hall–Kier alpha value is -1.86. The predicted octanol–water partition coefficient (Wildman–Crippen LogP) is 4.38. The van der Waals surface area contributed by atoms with Crippen molar-refractivity contribution in [1.29, 1.82) is 0 Å². The van der Waals surface area contributed by atoms with Crippen LogP contribution in [0.4, 0.5) is 14.9 Å². The number of anilines is 1. The standard InChI is InChI=1S/C23H33FN4OS/c1-2-25-22(29)26-18-6-9-23(24,10-7-18)11-12-27-13-15-28(16-14-27)20-4-3-5-21-19(20)8-17-30-21/h3-5,8,17-18H,2,6-7,9-16H2,1H3,(H2,25,26,29). The first-order chi connectivity index (χ1) is 14.6. The summed E-state index contributed by atoms with van der Waals surface area (Å²) in [4.78, 5) is 16.5. The monoisotopic (exact) mass is 432 g/mol. The van der Waals surface area contributed by atoms with Crippen molar-refractivity contribution in [3.8, 4) is 0 Å². The maximum absolute atomic E-state index is 15.3. The number of benzene rings is 1. The first-order valence-corrected chi connectivity index (χ1v) is 12.1. The molecule has 164 valence electrons. The van der Waals surface area contributed by atoms with Crippen LogP contribution in [0.5, 0.6) is 0 Å². The summed E-state index contributed by atoms with van der Waals surface area (Å²) in [6, 6.07) is 8.72. The van der Waals surface area contributed by atoms with Crippen LogP contribution < -0.4 is 15.5 Å². The highest BCUT2D eigenvalue weighted by Crippen LogP contribution is 2.35. The summed E-state index contributed by atoms with van der Waals surface area (Å²) in [6.45, 7) is 7.29. The van der Waals surface area contributed by atoms with E-state index in [0.717, 1.165) is 45.6 Å². The third-order valence-electron chi connectivity index (χ3n) is 6.62. The molecule has 0 atom stereocenters. The SMILES string of the molecule is CCNC(=O)NC1CCC(F)(CCN2CCN(c3cccc4sccc34)CC2)CC1. The van der Waals surface area contributed by atoms with Gasteiger partial charge in [0, 0.05) is 61.1 Å². The van der Waals surface area contributed by atoms with Crippen LogP contribution in [-0.2, 0) is 0 Å². The Balaban J connectivity index is 1.21. The van der Waals surface area contributed by atoms with Crippen LogP contribution in [0.25, 0.3) is 10.1 Å². The van der Waals surface area contributed by atoms with Crippen molar-refractivity contribution in [3.63, 3.8) is 0 Å². The summed E-state index contributed by atoms with van der Waals surface area (Å²) >= 11 is 1.79. The van der Waals surface area contributed by atoms with Gasteiger partial charge in [0.2, 0.25) is 0 Å². The van der Waals surface area contributed by atoms with Gasteiger partial charge in [-0.2, -0.15) is 0 Å². The number of piperazine rings is 1. The van der Waals surface area contributed by atoms with Gasteiger partial charge in [-0.1, -0.05) is 6.07 Å². The normalized spacial score (nSPS) is 25.4. The van der Waals surface area contributed by atoms with Crippen LogP contribution in [0.15, 0.2) is 29.6 Å². The van der Waals surface area contributed by atoms with E-state index in [-0.39, 0.29) is 12.1 Å². The van der Waals surface area contributed by atoms with E-state index in [2.05, 4.69) is 50.1 Å². The summed E-state index contributed by atoms with van der Waals surface area (Å²) in [5, 5.41) is 9.22. The molecule has 1 aliphatic carbocycles. The zero-order valence-electron chi connectivity index (χ0n) is 17.8. The zero-order valence-corrected chi connectivity index (χ0v) is 18.6. The van der Waals surface area contributed by atoms with Gasteiger partial charge < -0.3 is 15.5 Å². The minimum Gasteiger partial charge on any atom is -0.368 e. The van der Waals surface area contributed by atoms with Crippen molar-refractivity contribution in [2.24, 2.45) is 0 Å². The quantitative estimate of drug-likeness (QED) is 0.712. The van der Waals surface area contributed by atoms with Gasteiger partial charge in [0.25, 0.3) is 0 Å². The van der Waals surface area contributed by atoms with E-state index in [1.807, 2.05) is 6.92 Å². The average molecular weight is 433 g/mol. The number of rotatable bonds is 6. The fourth-order valence-corrected chi connectivity index (χ4v) is 5.56. The number of carbonyl (C=O) groups excluding carboxylic acids is 1. The van der Waals surface area contributed by atoms with Crippen LogP contribution in [-0.4, -0.2) is 61.9 Å². The van der Waals surface area contributed by atoms with Crippen LogP contribution in [0.2, 0.25) is 0 Å². The molecule has 2 aliphatic rings. The molecule has 0 unspecified atom stereocenters. The van der Waals surface area contributed by atoms with Gasteiger partial charge in [0.1, 0.15) is 5.67 Å². The minimum absolute atomic E-state index is 0.101. The summed E-state index contributed by atoms with van der Waals surface area (Å²) in [6.07, 6.45) is 3.15. The number of urea groups is 1. The number of halogens is 1. The van der Waals surface area contributed by atoms with Crippen LogP contribution in [0.3, 0.4) is 0 Å². The number of thiophene rings is 1. The molecule has 30 heavy (non-hydrogen) atoms. The average Bonchev–Trinajstić information content (AvgIpc) is 3.24. The molecule has 2 N–H and O–H groups in total. The molecule has 4 rings (SSSR count). The maximum Gasteiger partial charge on any atom is 0.314 e. The minimum atomic E-state index is -1.08. The van der Waals surface area contributed by atoms with Gasteiger partial charge in [-0.25, -0.2) is 9.18 Å². The molecule has 1 saturated heterocycles. The summed E-state index contributed by atoms with van der Waals surface area (Å²) in [7, 11) is 0. The number of fused-ring (bicyclic) bond motifs is 1. The molecule has 1 aliphatic heterocycles. The van der Waals surface area contributed by atoms with Gasteiger partial charge in [-0.3, -0.25) is 4.90 Å². The van der Waals surface area contributed by atoms with E-state index in [9.17, 15) is 4.79 Å². The third kappa shape index (κ3) is 5.06. The second kappa shape index (κ2) is 9.52. The van der Waals surface area contributed by atoms with Gasteiger partial charge in [-0.15, -0.1) is 11.3 Å². The summed E-state index contributed by atoms with van der Waals surface area (Å²) in [5.41, 5.74) is 0.243. The number of carbonyl (C=O) groups is 1. The fraction of sp³-hybridized carbons (Fsp3) is 0.609. The number of nitrogens with zero attached hydrogens (tertiary/aromatic N) is 2. The fourth-order valence-electron chi connectivity index (χ4n) is 4.75. The van der Waals surface area contributed by atoms with E-state index in [1.165, 1.54) is 15.8 Å². The highest BCUT2D eigenvalue weighted by molar-refractivity contribution is 7.17. The molecule has 1 saturated carbocycles. The highest BCUT2D eigenvalue weighted by Gasteiger charge is 2.36. The van der Waals surface area contributed by atoms with E-state index in [1.54, 1.807) is 11.3 Å². The van der Waals surface area contributed by atoms with Crippen LogP contribution in [0.1, 0.15) is 39.0 Å². The van der Waals surface area contributed by atoms with Gasteiger partial charge >= 0.3 is 6.03 Å². The smallest absolute Gasteiger partial charge is 0.314 e. The molecular formula is C23H33FN4OS. The van der Waals surface area contributed by atoms with Gasteiger partial charge in [0.15, 0.2) is 0 Å². The highest BCUT2D eigenvalue weighted by atomic mass is 32.1. The first-order valence-electron chi connectivity index (χ1n) is 11.2. The largest absolute Gasteiger partial charge is 0.368 e. The Morgan fingerprint density at radius 1 is 1.20 bits per heavy atom. The van der Waals surface area contributed by atoms with E-state index >= 15 is 4.39 Å². The second-order valence-corrected chi connectivity index (χ2v) is 9.56. The van der Waals surface area contributed by atoms with Gasteiger partial charge in [-0.05, 0) is 62.6 Å². The number of nitrogens with one attached hydrogen (secondary N) is 2. The molecule has 7 heteroatoms. The number of amides is 2. The summed E-state index contributed by atoms with van der Waals surface area (Å²) < 4.78 is 16.6. The van der Waals surface area contributed by atoms with E-state index < -0.39 is 5.67 Å². The molecule has 2 fully saturated rings. The van der Waals surface area contributed by atoms with Crippen LogP contribution >= 0.6 is 11.3 Å². The summed E-state index contributed by atoms with van der Waals surface area (Å²) in [5.74, 6) is 0. The lowest BCUT2D eigenvalue weighted by atomic mass is 9.81. The Bertz CT molecular complexity index is 841. The lowest BCUT2D eigenvalue weighted by Gasteiger charge is -2.39. The molecule has 5 nitrogen and oxygen atoms in total. The molecule has 1 aromatic carbocycles. The van der Waals surface area contributed by atoms with Gasteiger partial charge in [0.05, 0.1) is 0 Å². The Morgan fingerprint density at radius 3 is 2.70 bits per heavy atom. The molecule has 0 spiro atoms. The second-order valence-electron chi connectivity index (χ2n) is 8.62. The number of alkyl halides is 1. The van der Waals surface area contributed by atoms with Crippen molar-refractivity contribution in [2.45, 2.75) is 50.7 Å². The topological polar surface area (TPSA) is 47.6 Å². The molecule has 1 aromatic heterocycles.